The Morgan fingerprint density at radius 3 is 1.41 bits per heavy atom. The fourth-order valence-electron chi connectivity index (χ4n) is 1.84. The minimum atomic E-state index is -0.710. The minimum Gasteiger partial charge on any atom is -0.503 e. The van der Waals surface area contributed by atoms with Crippen LogP contribution in [0.1, 0.15) is 0 Å². The first kappa shape index (κ1) is 13.4. The summed E-state index contributed by atoms with van der Waals surface area (Å²) in [6.45, 7) is 0. The molecule has 22 heavy (non-hydrogen) atoms. The Balaban J connectivity index is 2.18. The van der Waals surface area contributed by atoms with Gasteiger partial charge in [0.1, 0.15) is 6.33 Å². The number of rotatable bonds is 2. The Bertz CT molecular complexity index is 803. The van der Waals surface area contributed by atoms with Gasteiger partial charge in [-0.3, -0.25) is 0 Å². The Labute approximate surface area is 121 Å². The van der Waals surface area contributed by atoms with Crippen molar-refractivity contribution in [3.63, 3.8) is 0 Å². The summed E-state index contributed by atoms with van der Waals surface area (Å²) in [6, 6.07) is 1.74. The van der Waals surface area contributed by atoms with Crippen LogP contribution in [-0.2, 0) is 0 Å². The number of nitrogens with zero attached hydrogens (tertiary/aromatic N) is 5. The normalized spacial score (nSPS) is 10.9. The maximum Gasteiger partial charge on any atom is 0.244 e. The molecule has 0 saturated heterocycles. The molecule has 6 N–H and O–H groups in total. The zero-order valence-electron chi connectivity index (χ0n) is 10.7. The van der Waals surface area contributed by atoms with Crippen molar-refractivity contribution in [3.8, 4) is 46.9 Å². The van der Waals surface area contributed by atoms with E-state index in [9.17, 15) is 30.6 Å². The molecule has 11 heteroatoms. The van der Waals surface area contributed by atoms with Crippen LogP contribution in [0.3, 0.4) is 0 Å². The molecular weight excluding hydrogens is 298 g/mol. The summed E-state index contributed by atoms with van der Waals surface area (Å²) in [7, 11) is 0. The van der Waals surface area contributed by atoms with Gasteiger partial charge < -0.3 is 30.6 Å². The molecule has 0 aliphatic rings. The summed E-state index contributed by atoms with van der Waals surface area (Å²) in [5.41, 5.74) is 0. The molecule has 0 saturated carbocycles. The van der Waals surface area contributed by atoms with Gasteiger partial charge in [-0.05, 0) is 0 Å². The molecule has 0 unspecified atom stereocenters. The van der Waals surface area contributed by atoms with Crippen LogP contribution in [0.4, 0.5) is 0 Å². The van der Waals surface area contributed by atoms with Crippen molar-refractivity contribution in [2.45, 2.75) is 0 Å². The van der Waals surface area contributed by atoms with Gasteiger partial charge in [0.05, 0.1) is 0 Å². The highest BCUT2D eigenvalue weighted by Crippen LogP contribution is 2.37. The largest absolute Gasteiger partial charge is 0.503 e. The van der Waals surface area contributed by atoms with E-state index in [0.717, 1.165) is 18.5 Å². The molecule has 11 nitrogen and oxygen atoms in total. The van der Waals surface area contributed by atoms with Gasteiger partial charge in [-0.1, -0.05) is 0 Å². The van der Waals surface area contributed by atoms with Crippen LogP contribution in [0.25, 0.3) is 11.9 Å². The van der Waals surface area contributed by atoms with Gasteiger partial charge in [0, 0.05) is 12.1 Å². The van der Waals surface area contributed by atoms with Gasteiger partial charge in [0.25, 0.3) is 0 Å². The highest BCUT2D eigenvalue weighted by Gasteiger charge is 2.20. The van der Waals surface area contributed by atoms with E-state index in [2.05, 4.69) is 15.0 Å². The van der Waals surface area contributed by atoms with E-state index in [1.54, 1.807) is 0 Å². The Hall–Kier alpha value is -3.63. The topological polar surface area (TPSA) is 170 Å². The van der Waals surface area contributed by atoms with E-state index in [1.165, 1.54) is 0 Å². The molecule has 0 aromatic carbocycles. The van der Waals surface area contributed by atoms with Crippen LogP contribution >= 0.6 is 0 Å². The molecule has 0 fully saturated rings. The zero-order chi connectivity index (χ0) is 16.0. The lowest BCUT2D eigenvalue weighted by molar-refractivity contribution is 0.371. The average Bonchev–Trinajstić information content (AvgIpc) is 2.86. The third-order valence-corrected chi connectivity index (χ3v) is 2.82. The smallest absolute Gasteiger partial charge is 0.244 e. The standard InChI is InChI=1S/C11H9N5O6/c17-4-1-6(19)15(8(4)21)10-12-3-13-11(14-10)16-7(20)2-5(18)9(16)22/h1-3,17-22H. The van der Waals surface area contributed by atoms with E-state index < -0.39 is 35.0 Å². The molecule has 0 spiro atoms. The van der Waals surface area contributed by atoms with E-state index in [0.29, 0.717) is 9.13 Å². The lowest BCUT2D eigenvalue weighted by Gasteiger charge is -2.07. The third-order valence-electron chi connectivity index (χ3n) is 2.82. The summed E-state index contributed by atoms with van der Waals surface area (Å²) in [5, 5.41) is 57.3. The summed E-state index contributed by atoms with van der Waals surface area (Å²) in [5.74, 6) is -4.30. The molecule has 3 heterocycles. The van der Waals surface area contributed by atoms with Crippen LogP contribution in [-0.4, -0.2) is 54.7 Å². The molecule has 0 radical (unpaired) electrons. The number of aromatic nitrogens is 5. The van der Waals surface area contributed by atoms with Crippen molar-refractivity contribution < 1.29 is 30.6 Å². The van der Waals surface area contributed by atoms with Gasteiger partial charge in [-0.25, -0.2) is 19.1 Å². The first-order chi connectivity index (χ1) is 10.4. The maximum atomic E-state index is 9.65. The lowest BCUT2D eigenvalue weighted by Crippen LogP contribution is -2.06. The zero-order valence-corrected chi connectivity index (χ0v) is 10.7. The number of hydrogen-bond acceptors (Lipinski definition) is 9. The molecule has 0 aliphatic carbocycles. The van der Waals surface area contributed by atoms with Crippen LogP contribution < -0.4 is 0 Å². The lowest BCUT2D eigenvalue weighted by atomic mass is 10.6. The van der Waals surface area contributed by atoms with Crippen LogP contribution in [0.2, 0.25) is 0 Å². The first-order valence-electron chi connectivity index (χ1n) is 5.75. The number of hydrogen-bond donors (Lipinski definition) is 6. The predicted molar refractivity (Wildman–Crippen MR) is 68.5 cm³/mol. The second-order valence-electron chi connectivity index (χ2n) is 4.18. The molecule has 3 aromatic rings. The summed E-state index contributed by atoms with van der Waals surface area (Å²) >= 11 is 0. The van der Waals surface area contributed by atoms with Gasteiger partial charge >= 0.3 is 0 Å². The summed E-state index contributed by atoms with van der Waals surface area (Å²) in [4.78, 5) is 11.2. The molecule has 114 valence electrons. The van der Waals surface area contributed by atoms with Crippen molar-refractivity contribution >= 4 is 0 Å². The molecule has 0 atom stereocenters. The van der Waals surface area contributed by atoms with Crippen molar-refractivity contribution in [2.75, 3.05) is 0 Å². The highest BCUT2D eigenvalue weighted by molar-refractivity contribution is 5.47. The molecule has 0 amide bonds. The Morgan fingerprint density at radius 2 is 1.09 bits per heavy atom. The molecular formula is C11H9N5O6. The third kappa shape index (κ3) is 1.80. The summed E-state index contributed by atoms with van der Waals surface area (Å²) < 4.78 is 1.41. The quantitative estimate of drug-likeness (QED) is 0.371. The van der Waals surface area contributed by atoms with E-state index in [1.807, 2.05) is 0 Å². The van der Waals surface area contributed by atoms with Gasteiger partial charge in [-0.2, -0.15) is 4.98 Å². The van der Waals surface area contributed by atoms with E-state index >= 15 is 0 Å². The monoisotopic (exact) mass is 307 g/mol. The average molecular weight is 307 g/mol. The van der Waals surface area contributed by atoms with Crippen molar-refractivity contribution in [1.82, 2.24) is 24.1 Å². The fourth-order valence-corrected chi connectivity index (χ4v) is 1.84. The molecule has 3 aromatic heterocycles. The van der Waals surface area contributed by atoms with Crippen molar-refractivity contribution in [2.24, 2.45) is 0 Å². The molecule has 0 aliphatic heterocycles. The second kappa shape index (κ2) is 4.44. The van der Waals surface area contributed by atoms with Crippen LogP contribution in [0.15, 0.2) is 18.5 Å². The van der Waals surface area contributed by atoms with Crippen molar-refractivity contribution in [3.05, 3.63) is 18.5 Å². The molecule has 3 rings (SSSR count). The summed E-state index contributed by atoms with van der Waals surface area (Å²) in [6.07, 6.45) is 0.976. The number of aromatic hydroxyl groups is 6. The predicted octanol–water partition coefficient (Wildman–Crippen LogP) is -0.313. The minimum absolute atomic E-state index is 0.299. The van der Waals surface area contributed by atoms with Crippen LogP contribution in [0, 0.1) is 0 Å². The highest BCUT2D eigenvalue weighted by atomic mass is 16.3. The molecule has 0 bridgehead atoms. The SMILES string of the molecule is Oc1cc(O)n(-c2ncnc(-n3c(O)cc(O)c3O)n2)c1O. The van der Waals surface area contributed by atoms with Crippen molar-refractivity contribution in [1.29, 1.82) is 0 Å². The first-order valence-corrected chi connectivity index (χ1v) is 5.75. The van der Waals surface area contributed by atoms with E-state index in [-0.39, 0.29) is 11.9 Å². The Morgan fingerprint density at radius 1 is 0.682 bits per heavy atom. The van der Waals surface area contributed by atoms with Gasteiger partial charge in [0.15, 0.2) is 11.5 Å². The van der Waals surface area contributed by atoms with Crippen LogP contribution in [0.5, 0.6) is 35.0 Å². The maximum absolute atomic E-state index is 9.65. The second-order valence-corrected chi connectivity index (χ2v) is 4.18. The van der Waals surface area contributed by atoms with Gasteiger partial charge in [-0.15, -0.1) is 0 Å². The fraction of sp³-hybridized carbons (Fsp3) is 0. The van der Waals surface area contributed by atoms with Gasteiger partial charge in [0.2, 0.25) is 35.4 Å². The van der Waals surface area contributed by atoms with E-state index in [4.69, 9.17) is 0 Å². The Kier molecular flexibility index (Phi) is 2.70.